The molecule has 3 rings (SSSR count). The van der Waals surface area contributed by atoms with Gasteiger partial charge in [0.15, 0.2) is 5.78 Å². The lowest BCUT2D eigenvalue weighted by molar-refractivity contribution is 0.0990. The Hall–Kier alpha value is -2.61. The summed E-state index contributed by atoms with van der Waals surface area (Å²) in [5, 5.41) is 11.2. The van der Waals surface area contributed by atoms with E-state index in [0.717, 1.165) is 29.6 Å². The van der Waals surface area contributed by atoms with Gasteiger partial charge in [0.2, 0.25) is 5.16 Å². The number of para-hydroxylation sites is 1. The van der Waals surface area contributed by atoms with Crippen LogP contribution in [0.15, 0.2) is 53.7 Å². The van der Waals surface area contributed by atoms with Crippen molar-refractivity contribution in [1.29, 1.82) is 0 Å². The molecule has 0 amide bonds. The van der Waals surface area contributed by atoms with Gasteiger partial charge in [-0.2, -0.15) is 4.68 Å². The van der Waals surface area contributed by atoms with Crippen LogP contribution in [0, 0.1) is 11.6 Å². The Labute approximate surface area is 140 Å². The fourth-order valence-electron chi connectivity index (χ4n) is 2.10. The molecule has 24 heavy (non-hydrogen) atoms. The second-order valence-corrected chi connectivity index (χ2v) is 6.27. The quantitative estimate of drug-likeness (QED) is 0.524. The fraction of sp³-hybridized carbons (Fsp3) is 0.125. The van der Waals surface area contributed by atoms with Crippen molar-refractivity contribution >= 4 is 17.5 Å². The highest BCUT2D eigenvalue weighted by Gasteiger charge is 2.23. The number of nitrogens with zero attached hydrogens (tertiary/aromatic N) is 4. The maximum absolute atomic E-state index is 13.8. The van der Waals surface area contributed by atoms with E-state index in [1.54, 1.807) is 6.92 Å². The largest absolute Gasteiger partial charge is 0.293 e. The van der Waals surface area contributed by atoms with Crippen LogP contribution < -0.4 is 0 Å². The molecule has 1 atom stereocenters. The minimum Gasteiger partial charge on any atom is -0.293 e. The third kappa shape index (κ3) is 3.33. The molecule has 1 aromatic heterocycles. The van der Waals surface area contributed by atoms with Gasteiger partial charge in [0, 0.05) is 6.07 Å². The Kier molecular flexibility index (Phi) is 4.66. The van der Waals surface area contributed by atoms with Crippen LogP contribution in [0.2, 0.25) is 0 Å². The summed E-state index contributed by atoms with van der Waals surface area (Å²) in [5.41, 5.74) is 0.591. The first kappa shape index (κ1) is 16.3. The monoisotopic (exact) mass is 346 g/mol. The number of tetrazole rings is 1. The molecule has 0 aliphatic rings. The van der Waals surface area contributed by atoms with Crippen molar-refractivity contribution in [2.75, 3.05) is 0 Å². The van der Waals surface area contributed by atoms with E-state index in [9.17, 15) is 13.6 Å². The molecule has 0 fully saturated rings. The molecule has 0 bridgehead atoms. The molecule has 0 radical (unpaired) electrons. The van der Waals surface area contributed by atoms with E-state index in [0.29, 0.717) is 11.2 Å². The fourth-order valence-corrected chi connectivity index (χ4v) is 2.98. The maximum atomic E-state index is 13.8. The van der Waals surface area contributed by atoms with E-state index in [4.69, 9.17) is 0 Å². The van der Waals surface area contributed by atoms with Crippen LogP contribution in [0.3, 0.4) is 0 Å². The molecule has 122 valence electrons. The van der Waals surface area contributed by atoms with Gasteiger partial charge in [-0.1, -0.05) is 30.0 Å². The summed E-state index contributed by atoms with van der Waals surface area (Å²) in [4.78, 5) is 12.4. The Morgan fingerprint density at radius 2 is 1.92 bits per heavy atom. The Bertz CT molecular complexity index is 870. The van der Waals surface area contributed by atoms with Crippen LogP contribution in [0.1, 0.15) is 17.3 Å². The highest BCUT2D eigenvalue weighted by Crippen LogP contribution is 2.26. The molecule has 1 heterocycles. The number of carbonyl (C=O) groups excluding carboxylic acids is 1. The van der Waals surface area contributed by atoms with E-state index in [-0.39, 0.29) is 5.56 Å². The molecule has 0 aliphatic heterocycles. The zero-order valence-corrected chi connectivity index (χ0v) is 13.4. The number of thioether (sulfide) groups is 1. The first-order valence-corrected chi connectivity index (χ1v) is 7.94. The topological polar surface area (TPSA) is 60.7 Å². The van der Waals surface area contributed by atoms with Gasteiger partial charge in [-0.05, 0) is 41.6 Å². The second kappa shape index (κ2) is 6.88. The van der Waals surface area contributed by atoms with Crippen LogP contribution in [0.5, 0.6) is 0 Å². The van der Waals surface area contributed by atoms with Gasteiger partial charge in [0.1, 0.15) is 11.6 Å². The third-order valence-electron chi connectivity index (χ3n) is 3.29. The lowest BCUT2D eigenvalue weighted by Gasteiger charge is -2.10. The lowest BCUT2D eigenvalue weighted by atomic mass is 10.1. The molecule has 0 N–H and O–H groups in total. The second-order valence-electron chi connectivity index (χ2n) is 4.96. The Morgan fingerprint density at radius 1 is 1.17 bits per heavy atom. The van der Waals surface area contributed by atoms with E-state index in [2.05, 4.69) is 15.5 Å². The van der Waals surface area contributed by atoms with Crippen LogP contribution in [-0.4, -0.2) is 31.2 Å². The molecular formula is C16H12F2N4OS. The lowest BCUT2D eigenvalue weighted by Crippen LogP contribution is -2.16. The normalized spacial score (nSPS) is 12.1. The average Bonchev–Trinajstić information content (AvgIpc) is 3.03. The number of hydrogen-bond acceptors (Lipinski definition) is 5. The maximum Gasteiger partial charge on any atom is 0.214 e. The summed E-state index contributed by atoms with van der Waals surface area (Å²) in [6.45, 7) is 1.62. The van der Waals surface area contributed by atoms with Crippen molar-refractivity contribution in [3.8, 4) is 5.69 Å². The number of benzene rings is 2. The number of carbonyl (C=O) groups is 1. The standard InChI is InChI=1S/C16H12F2N4OS/c1-10(15(23)13-8-7-11(17)9-14(13)18)24-16-19-20-21-22(16)12-5-3-2-4-6-12/h2-10H,1H3. The molecule has 5 nitrogen and oxygen atoms in total. The van der Waals surface area contributed by atoms with Crippen molar-refractivity contribution < 1.29 is 13.6 Å². The first-order valence-electron chi connectivity index (χ1n) is 7.06. The van der Waals surface area contributed by atoms with E-state index >= 15 is 0 Å². The zero-order valence-electron chi connectivity index (χ0n) is 12.6. The van der Waals surface area contributed by atoms with Gasteiger partial charge in [-0.25, -0.2) is 8.78 Å². The number of rotatable bonds is 5. The van der Waals surface area contributed by atoms with Gasteiger partial charge in [0.25, 0.3) is 0 Å². The van der Waals surface area contributed by atoms with Gasteiger partial charge >= 0.3 is 0 Å². The van der Waals surface area contributed by atoms with Crippen LogP contribution in [0.25, 0.3) is 5.69 Å². The number of aromatic nitrogens is 4. The summed E-state index contributed by atoms with van der Waals surface area (Å²) < 4.78 is 28.2. The molecule has 0 aliphatic carbocycles. The van der Waals surface area contributed by atoms with E-state index in [1.165, 1.54) is 4.68 Å². The summed E-state index contributed by atoms with van der Waals surface area (Å²) in [5.74, 6) is -2.06. The van der Waals surface area contributed by atoms with Gasteiger partial charge in [-0.3, -0.25) is 4.79 Å². The number of halogens is 2. The molecular weight excluding hydrogens is 334 g/mol. The summed E-state index contributed by atoms with van der Waals surface area (Å²) in [7, 11) is 0. The van der Waals surface area contributed by atoms with Crippen molar-refractivity contribution in [3.63, 3.8) is 0 Å². The highest BCUT2D eigenvalue weighted by atomic mass is 32.2. The molecule has 0 saturated carbocycles. The van der Waals surface area contributed by atoms with Crippen LogP contribution in [-0.2, 0) is 0 Å². The highest BCUT2D eigenvalue weighted by molar-refractivity contribution is 8.00. The first-order chi connectivity index (χ1) is 11.6. The predicted octanol–water partition coefficient (Wildman–Crippen LogP) is 3.30. The van der Waals surface area contributed by atoms with Crippen molar-refractivity contribution in [1.82, 2.24) is 20.2 Å². The van der Waals surface area contributed by atoms with Crippen molar-refractivity contribution in [3.05, 3.63) is 65.7 Å². The van der Waals surface area contributed by atoms with Crippen molar-refractivity contribution in [2.24, 2.45) is 0 Å². The average molecular weight is 346 g/mol. The molecule has 1 unspecified atom stereocenters. The van der Waals surface area contributed by atoms with Gasteiger partial charge < -0.3 is 0 Å². The van der Waals surface area contributed by atoms with E-state index in [1.807, 2.05) is 30.3 Å². The van der Waals surface area contributed by atoms with Gasteiger partial charge in [0.05, 0.1) is 16.5 Å². The SMILES string of the molecule is CC(Sc1nnnn1-c1ccccc1)C(=O)c1ccc(F)cc1F. The minimum absolute atomic E-state index is 0.157. The molecule has 3 aromatic rings. The van der Waals surface area contributed by atoms with Crippen molar-refractivity contribution in [2.45, 2.75) is 17.3 Å². The Balaban J connectivity index is 1.82. The van der Waals surface area contributed by atoms with Crippen LogP contribution >= 0.6 is 11.8 Å². The molecule has 8 heteroatoms. The predicted molar refractivity (Wildman–Crippen MR) is 85.2 cm³/mol. The molecule has 0 saturated heterocycles. The minimum atomic E-state index is -0.880. The number of Topliss-reactive ketones (excluding diaryl/α,β-unsaturated/α-hetero) is 1. The zero-order chi connectivity index (χ0) is 17.1. The number of hydrogen-bond donors (Lipinski definition) is 0. The Morgan fingerprint density at radius 3 is 2.62 bits per heavy atom. The smallest absolute Gasteiger partial charge is 0.214 e. The van der Waals surface area contributed by atoms with Crippen LogP contribution in [0.4, 0.5) is 8.78 Å². The summed E-state index contributed by atoms with van der Waals surface area (Å²) in [6, 6.07) is 12.1. The molecule has 0 spiro atoms. The summed E-state index contributed by atoms with van der Waals surface area (Å²) in [6.07, 6.45) is 0. The van der Waals surface area contributed by atoms with E-state index < -0.39 is 22.7 Å². The van der Waals surface area contributed by atoms with Gasteiger partial charge in [-0.15, -0.1) is 5.10 Å². The summed E-state index contributed by atoms with van der Waals surface area (Å²) >= 11 is 1.10. The molecule has 2 aromatic carbocycles. The number of ketones is 1. The third-order valence-corrected chi connectivity index (χ3v) is 4.32.